The van der Waals surface area contributed by atoms with Gasteiger partial charge in [0.05, 0.1) is 11.6 Å². The summed E-state index contributed by atoms with van der Waals surface area (Å²) in [5.41, 5.74) is 8.22. The van der Waals surface area contributed by atoms with Gasteiger partial charge in [-0.05, 0) is 30.7 Å². The zero-order valence-corrected chi connectivity index (χ0v) is 11.1. The summed E-state index contributed by atoms with van der Waals surface area (Å²) >= 11 is 0. The molecule has 0 fully saturated rings. The SMILES string of the molecule is Cc1ccc2cc(C(O)C(C)(C)CN)ccc2n1. The Morgan fingerprint density at radius 3 is 2.67 bits per heavy atom. The second-order valence-corrected chi connectivity index (χ2v) is 5.50. The number of rotatable bonds is 3. The molecule has 2 aromatic rings. The Balaban J connectivity index is 2.44. The van der Waals surface area contributed by atoms with Crippen molar-refractivity contribution in [3.8, 4) is 0 Å². The van der Waals surface area contributed by atoms with E-state index in [4.69, 9.17) is 5.73 Å². The predicted octanol–water partition coefficient (Wildman–Crippen LogP) is 2.56. The molecule has 0 radical (unpaired) electrons. The normalized spacial score (nSPS) is 13.8. The smallest absolute Gasteiger partial charge is 0.0853 e. The van der Waals surface area contributed by atoms with Crippen LogP contribution in [-0.2, 0) is 0 Å². The lowest BCUT2D eigenvalue weighted by molar-refractivity contribution is 0.0556. The highest BCUT2D eigenvalue weighted by molar-refractivity contribution is 5.79. The summed E-state index contributed by atoms with van der Waals surface area (Å²) in [5, 5.41) is 11.4. The number of nitrogens with zero attached hydrogens (tertiary/aromatic N) is 1. The zero-order valence-electron chi connectivity index (χ0n) is 11.1. The van der Waals surface area contributed by atoms with Gasteiger partial charge >= 0.3 is 0 Å². The van der Waals surface area contributed by atoms with Crippen LogP contribution in [0.2, 0.25) is 0 Å². The van der Waals surface area contributed by atoms with Crippen molar-refractivity contribution in [2.75, 3.05) is 6.54 Å². The largest absolute Gasteiger partial charge is 0.388 e. The lowest BCUT2D eigenvalue weighted by Crippen LogP contribution is -2.30. The van der Waals surface area contributed by atoms with Crippen LogP contribution in [0.1, 0.15) is 31.2 Å². The number of hydrogen-bond donors (Lipinski definition) is 2. The van der Waals surface area contributed by atoms with Gasteiger partial charge in [-0.25, -0.2) is 0 Å². The molecule has 0 saturated heterocycles. The molecule has 1 atom stereocenters. The van der Waals surface area contributed by atoms with Crippen LogP contribution < -0.4 is 5.73 Å². The van der Waals surface area contributed by atoms with Crippen molar-refractivity contribution in [3.05, 3.63) is 41.6 Å². The van der Waals surface area contributed by atoms with Crippen molar-refractivity contribution in [1.82, 2.24) is 4.98 Å². The van der Waals surface area contributed by atoms with E-state index in [2.05, 4.69) is 4.98 Å². The Hall–Kier alpha value is -1.45. The minimum atomic E-state index is -0.562. The molecule has 0 spiro atoms. The fourth-order valence-corrected chi connectivity index (χ4v) is 1.98. The van der Waals surface area contributed by atoms with E-state index in [1.807, 2.05) is 51.1 Å². The quantitative estimate of drug-likeness (QED) is 0.872. The van der Waals surface area contributed by atoms with Crippen LogP contribution in [0.3, 0.4) is 0 Å². The molecule has 1 aromatic carbocycles. The third kappa shape index (κ3) is 2.37. The summed E-state index contributed by atoms with van der Waals surface area (Å²) in [6.07, 6.45) is -0.562. The number of aliphatic hydroxyl groups is 1. The van der Waals surface area contributed by atoms with Crippen LogP contribution in [0.25, 0.3) is 10.9 Å². The van der Waals surface area contributed by atoms with Gasteiger partial charge in [-0.2, -0.15) is 0 Å². The van der Waals surface area contributed by atoms with Crippen molar-refractivity contribution in [2.24, 2.45) is 11.1 Å². The minimum absolute atomic E-state index is 0.328. The molecule has 0 saturated carbocycles. The van der Waals surface area contributed by atoms with E-state index in [9.17, 15) is 5.11 Å². The van der Waals surface area contributed by atoms with Gasteiger partial charge in [0.25, 0.3) is 0 Å². The highest BCUT2D eigenvalue weighted by atomic mass is 16.3. The van der Waals surface area contributed by atoms with Gasteiger partial charge in [0.1, 0.15) is 0 Å². The fraction of sp³-hybridized carbons (Fsp3) is 0.400. The lowest BCUT2D eigenvalue weighted by atomic mass is 9.82. The molecular formula is C15H20N2O. The molecule has 3 heteroatoms. The van der Waals surface area contributed by atoms with Crippen LogP contribution >= 0.6 is 0 Å². The second-order valence-electron chi connectivity index (χ2n) is 5.50. The molecule has 0 amide bonds. The van der Waals surface area contributed by atoms with E-state index < -0.39 is 6.10 Å². The molecule has 0 aliphatic carbocycles. The van der Waals surface area contributed by atoms with Gasteiger partial charge in [-0.15, -0.1) is 0 Å². The lowest BCUT2D eigenvalue weighted by Gasteiger charge is -2.29. The summed E-state index contributed by atoms with van der Waals surface area (Å²) in [7, 11) is 0. The monoisotopic (exact) mass is 244 g/mol. The molecule has 1 aromatic heterocycles. The first-order valence-electron chi connectivity index (χ1n) is 6.19. The maximum atomic E-state index is 10.4. The van der Waals surface area contributed by atoms with E-state index in [0.29, 0.717) is 6.54 Å². The molecule has 2 rings (SSSR count). The average molecular weight is 244 g/mol. The molecule has 96 valence electrons. The first kappa shape index (κ1) is 13.0. The van der Waals surface area contributed by atoms with Gasteiger partial charge < -0.3 is 10.8 Å². The number of aryl methyl sites for hydroxylation is 1. The summed E-state index contributed by atoms with van der Waals surface area (Å²) < 4.78 is 0. The van der Waals surface area contributed by atoms with Crippen LogP contribution in [-0.4, -0.2) is 16.6 Å². The third-order valence-electron chi connectivity index (χ3n) is 3.43. The molecule has 0 aliphatic rings. The Bertz CT molecular complexity index is 563. The minimum Gasteiger partial charge on any atom is -0.388 e. The molecule has 0 bridgehead atoms. The van der Waals surface area contributed by atoms with Crippen molar-refractivity contribution in [2.45, 2.75) is 26.9 Å². The van der Waals surface area contributed by atoms with Crippen LogP contribution in [0.15, 0.2) is 30.3 Å². The predicted molar refractivity (Wildman–Crippen MR) is 74.3 cm³/mol. The summed E-state index contributed by atoms with van der Waals surface area (Å²) in [4.78, 5) is 4.45. The van der Waals surface area contributed by atoms with E-state index in [-0.39, 0.29) is 5.41 Å². The first-order valence-corrected chi connectivity index (χ1v) is 6.19. The maximum Gasteiger partial charge on any atom is 0.0853 e. The highest BCUT2D eigenvalue weighted by Crippen LogP contribution is 2.33. The Morgan fingerprint density at radius 1 is 1.28 bits per heavy atom. The number of pyridine rings is 1. The van der Waals surface area contributed by atoms with Crippen LogP contribution in [0.4, 0.5) is 0 Å². The molecule has 1 unspecified atom stereocenters. The van der Waals surface area contributed by atoms with Crippen molar-refractivity contribution >= 4 is 10.9 Å². The third-order valence-corrected chi connectivity index (χ3v) is 3.43. The van der Waals surface area contributed by atoms with Crippen molar-refractivity contribution in [3.63, 3.8) is 0 Å². The van der Waals surface area contributed by atoms with Gasteiger partial charge in [0, 0.05) is 23.0 Å². The molecule has 18 heavy (non-hydrogen) atoms. The number of benzene rings is 1. The van der Waals surface area contributed by atoms with Crippen LogP contribution in [0, 0.1) is 12.3 Å². The highest BCUT2D eigenvalue weighted by Gasteiger charge is 2.27. The van der Waals surface area contributed by atoms with Crippen molar-refractivity contribution in [1.29, 1.82) is 0 Å². The van der Waals surface area contributed by atoms with Crippen LogP contribution in [0.5, 0.6) is 0 Å². The van der Waals surface area contributed by atoms with E-state index in [0.717, 1.165) is 22.2 Å². The number of aromatic nitrogens is 1. The summed E-state index contributed by atoms with van der Waals surface area (Å²) in [6.45, 7) is 6.35. The number of fused-ring (bicyclic) bond motifs is 1. The average Bonchev–Trinajstić information content (AvgIpc) is 2.37. The van der Waals surface area contributed by atoms with Gasteiger partial charge in [0.15, 0.2) is 0 Å². The molecule has 1 heterocycles. The number of hydrogen-bond acceptors (Lipinski definition) is 3. The second kappa shape index (κ2) is 4.67. The first-order chi connectivity index (χ1) is 8.44. The van der Waals surface area contributed by atoms with E-state index in [1.165, 1.54) is 0 Å². The summed E-state index contributed by atoms with van der Waals surface area (Å²) in [5.74, 6) is 0. The van der Waals surface area contributed by atoms with Gasteiger partial charge in [0.2, 0.25) is 0 Å². The number of nitrogens with two attached hydrogens (primary N) is 1. The zero-order chi connectivity index (χ0) is 13.3. The van der Waals surface area contributed by atoms with Gasteiger partial charge in [-0.1, -0.05) is 26.0 Å². The molecular weight excluding hydrogens is 224 g/mol. The Morgan fingerprint density at radius 2 is 2.00 bits per heavy atom. The Kier molecular flexibility index (Phi) is 3.37. The fourth-order valence-electron chi connectivity index (χ4n) is 1.98. The topological polar surface area (TPSA) is 59.1 Å². The number of aliphatic hydroxyl groups excluding tert-OH is 1. The van der Waals surface area contributed by atoms with E-state index in [1.54, 1.807) is 0 Å². The standard InChI is InChI=1S/C15H20N2O/c1-10-4-5-11-8-12(6-7-13(11)17-10)14(18)15(2,3)9-16/h4-8,14,18H,9,16H2,1-3H3. The molecule has 0 aliphatic heterocycles. The summed E-state index contributed by atoms with van der Waals surface area (Å²) in [6, 6.07) is 9.88. The van der Waals surface area contributed by atoms with Crippen molar-refractivity contribution < 1.29 is 5.11 Å². The molecule has 3 nitrogen and oxygen atoms in total. The van der Waals surface area contributed by atoms with E-state index >= 15 is 0 Å². The molecule has 3 N–H and O–H groups in total. The van der Waals surface area contributed by atoms with Gasteiger partial charge in [-0.3, -0.25) is 4.98 Å². The maximum absolute atomic E-state index is 10.4. The Labute approximate surface area is 108 Å².